The van der Waals surface area contributed by atoms with Gasteiger partial charge in [-0.05, 0) is 36.8 Å². The molecule has 2 aromatic rings. The molecule has 150 valence electrons. The van der Waals surface area contributed by atoms with Gasteiger partial charge in [-0.2, -0.15) is 4.31 Å². The van der Waals surface area contributed by atoms with Crippen molar-refractivity contribution in [3.8, 4) is 0 Å². The summed E-state index contributed by atoms with van der Waals surface area (Å²) in [5.74, 6) is -0.410. The van der Waals surface area contributed by atoms with Crippen LogP contribution in [0, 0.1) is 10.1 Å². The Labute approximate surface area is 167 Å². The Hall–Kier alpha value is -2.30. The van der Waals surface area contributed by atoms with E-state index in [1.807, 2.05) is 0 Å². The van der Waals surface area contributed by atoms with Crippen LogP contribution in [0.1, 0.15) is 36.0 Å². The molecule has 1 saturated heterocycles. The highest BCUT2D eigenvalue weighted by atomic mass is 32.2. The number of thiophene rings is 1. The predicted molar refractivity (Wildman–Crippen MR) is 106 cm³/mol. The van der Waals surface area contributed by atoms with E-state index >= 15 is 0 Å². The quantitative estimate of drug-likeness (QED) is 0.544. The van der Waals surface area contributed by atoms with Gasteiger partial charge < -0.3 is 5.32 Å². The van der Waals surface area contributed by atoms with Gasteiger partial charge in [-0.25, -0.2) is 8.42 Å². The molecule has 0 aliphatic carbocycles. The fourth-order valence-electron chi connectivity index (χ4n) is 3.32. The zero-order chi connectivity index (χ0) is 20.1. The molecule has 1 N–H and O–H groups in total. The molecule has 2 heterocycles. The van der Waals surface area contributed by atoms with Crippen molar-refractivity contribution in [2.45, 2.75) is 35.9 Å². The van der Waals surface area contributed by atoms with E-state index in [1.54, 1.807) is 21.8 Å². The Kier molecular flexibility index (Phi) is 6.42. The van der Waals surface area contributed by atoms with Crippen LogP contribution in [-0.2, 0) is 10.0 Å². The molecule has 0 radical (unpaired) electrons. The first-order valence-electron chi connectivity index (χ1n) is 8.97. The minimum Gasteiger partial charge on any atom is -0.352 e. The van der Waals surface area contributed by atoms with Gasteiger partial charge in [0.2, 0.25) is 0 Å². The minimum atomic E-state index is -3.52. The standard InChI is InChI=1S/C18H21N3O5S2/c22-18(14-5-3-7-16(13-14)21(23)24)19-10-9-15-6-1-2-11-20(15)28(25,26)17-8-4-12-27-17/h3-5,7-8,12-13,15H,1-2,6,9-11H2,(H,19,22). The van der Waals surface area contributed by atoms with Gasteiger partial charge in [-0.1, -0.05) is 18.6 Å². The lowest BCUT2D eigenvalue weighted by Gasteiger charge is -2.34. The van der Waals surface area contributed by atoms with Crippen LogP contribution < -0.4 is 5.32 Å². The number of nitro groups is 1. The molecule has 28 heavy (non-hydrogen) atoms. The van der Waals surface area contributed by atoms with Crippen LogP contribution in [0.2, 0.25) is 0 Å². The van der Waals surface area contributed by atoms with Crippen LogP contribution in [-0.4, -0.2) is 42.7 Å². The number of benzene rings is 1. The molecule has 1 fully saturated rings. The first kappa shape index (κ1) is 20.4. The fourth-order valence-corrected chi connectivity index (χ4v) is 6.16. The summed E-state index contributed by atoms with van der Waals surface area (Å²) < 4.78 is 27.6. The summed E-state index contributed by atoms with van der Waals surface area (Å²) in [5.41, 5.74) is 0.0639. The maximum atomic E-state index is 12.9. The number of sulfonamides is 1. The van der Waals surface area contributed by atoms with Gasteiger partial charge in [0.05, 0.1) is 4.92 Å². The number of hydrogen-bond donors (Lipinski definition) is 1. The second-order valence-corrected chi connectivity index (χ2v) is 9.61. The number of non-ortho nitro benzene ring substituents is 1. The van der Waals surface area contributed by atoms with Gasteiger partial charge >= 0.3 is 0 Å². The zero-order valence-corrected chi connectivity index (χ0v) is 16.7. The molecule has 0 spiro atoms. The summed E-state index contributed by atoms with van der Waals surface area (Å²) in [7, 11) is -3.52. The summed E-state index contributed by atoms with van der Waals surface area (Å²) in [6.45, 7) is 0.770. The Balaban J connectivity index is 1.62. The SMILES string of the molecule is O=C(NCCC1CCCCN1S(=O)(=O)c1cccs1)c1cccc([N+](=O)[O-])c1. The second-order valence-electron chi connectivity index (χ2n) is 6.55. The van der Waals surface area contributed by atoms with Crippen molar-refractivity contribution in [2.24, 2.45) is 0 Å². The molecule has 10 heteroatoms. The average Bonchev–Trinajstić information content (AvgIpc) is 3.24. The lowest BCUT2D eigenvalue weighted by atomic mass is 10.0. The van der Waals surface area contributed by atoms with Crippen LogP contribution >= 0.6 is 11.3 Å². The molecule has 1 aliphatic rings. The van der Waals surface area contributed by atoms with Crippen molar-refractivity contribution in [1.29, 1.82) is 0 Å². The molecule has 1 amide bonds. The zero-order valence-electron chi connectivity index (χ0n) is 15.1. The molecule has 1 aromatic heterocycles. The number of nitro benzene ring substituents is 1. The summed E-state index contributed by atoms with van der Waals surface area (Å²) in [6.07, 6.45) is 3.00. The Morgan fingerprint density at radius 2 is 2.11 bits per heavy atom. The van der Waals surface area contributed by atoms with E-state index in [0.29, 0.717) is 23.7 Å². The highest BCUT2D eigenvalue weighted by molar-refractivity contribution is 7.91. The smallest absolute Gasteiger partial charge is 0.270 e. The Bertz CT molecular complexity index is 944. The van der Waals surface area contributed by atoms with Crippen LogP contribution in [0.3, 0.4) is 0 Å². The van der Waals surface area contributed by atoms with Gasteiger partial charge in [0.1, 0.15) is 4.21 Å². The fraction of sp³-hybridized carbons (Fsp3) is 0.389. The number of nitrogens with one attached hydrogen (secondary N) is 1. The third kappa shape index (κ3) is 4.57. The van der Waals surface area contributed by atoms with Crippen LogP contribution in [0.15, 0.2) is 46.0 Å². The van der Waals surface area contributed by atoms with E-state index < -0.39 is 20.9 Å². The highest BCUT2D eigenvalue weighted by Crippen LogP contribution is 2.29. The van der Waals surface area contributed by atoms with Gasteiger partial charge in [0.25, 0.3) is 21.6 Å². The molecule has 1 aromatic carbocycles. The maximum Gasteiger partial charge on any atom is 0.270 e. The summed E-state index contributed by atoms with van der Waals surface area (Å²) in [6, 6.07) is 8.67. The molecule has 1 atom stereocenters. The van der Waals surface area contributed by atoms with E-state index in [4.69, 9.17) is 0 Å². The number of hydrogen-bond acceptors (Lipinski definition) is 6. The highest BCUT2D eigenvalue weighted by Gasteiger charge is 2.33. The van der Waals surface area contributed by atoms with E-state index in [1.165, 1.54) is 35.6 Å². The van der Waals surface area contributed by atoms with Crippen LogP contribution in [0.5, 0.6) is 0 Å². The second kappa shape index (κ2) is 8.80. The molecule has 1 unspecified atom stereocenters. The van der Waals surface area contributed by atoms with Crippen LogP contribution in [0.25, 0.3) is 0 Å². The normalized spacial score (nSPS) is 17.9. The molecule has 1 aliphatic heterocycles. The van der Waals surface area contributed by atoms with Gasteiger partial charge in [0, 0.05) is 36.8 Å². The number of carbonyl (C=O) groups is 1. The third-order valence-electron chi connectivity index (χ3n) is 4.71. The number of amides is 1. The van der Waals surface area contributed by atoms with Crippen molar-refractivity contribution in [1.82, 2.24) is 9.62 Å². The molecular formula is C18H21N3O5S2. The maximum absolute atomic E-state index is 12.9. The van der Waals surface area contributed by atoms with Gasteiger partial charge in [-0.3, -0.25) is 14.9 Å². The summed E-state index contributed by atoms with van der Waals surface area (Å²) >= 11 is 1.20. The Morgan fingerprint density at radius 3 is 2.82 bits per heavy atom. The van der Waals surface area contributed by atoms with Gasteiger partial charge in [0.15, 0.2) is 0 Å². The van der Waals surface area contributed by atoms with Crippen molar-refractivity contribution >= 4 is 33.0 Å². The van der Waals surface area contributed by atoms with Crippen molar-refractivity contribution < 1.29 is 18.1 Å². The van der Waals surface area contributed by atoms with Crippen LogP contribution in [0.4, 0.5) is 5.69 Å². The monoisotopic (exact) mass is 423 g/mol. The molecular weight excluding hydrogens is 402 g/mol. The molecule has 3 rings (SSSR count). The summed E-state index contributed by atoms with van der Waals surface area (Å²) in [4.78, 5) is 22.5. The lowest BCUT2D eigenvalue weighted by Crippen LogP contribution is -2.44. The van der Waals surface area contributed by atoms with Crippen molar-refractivity contribution in [3.63, 3.8) is 0 Å². The van der Waals surface area contributed by atoms with E-state index in [0.717, 1.165) is 19.3 Å². The van der Waals surface area contributed by atoms with E-state index in [-0.39, 0.29) is 17.3 Å². The molecule has 0 saturated carbocycles. The predicted octanol–water partition coefficient (Wildman–Crippen LogP) is 3.02. The number of piperidine rings is 1. The molecule has 0 bridgehead atoms. The topological polar surface area (TPSA) is 110 Å². The van der Waals surface area contributed by atoms with Crippen molar-refractivity contribution in [2.75, 3.05) is 13.1 Å². The summed E-state index contributed by atoms with van der Waals surface area (Å²) in [5, 5.41) is 15.3. The number of nitrogens with zero attached hydrogens (tertiary/aromatic N) is 2. The largest absolute Gasteiger partial charge is 0.352 e. The average molecular weight is 424 g/mol. The Morgan fingerprint density at radius 1 is 1.29 bits per heavy atom. The van der Waals surface area contributed by atoms with Gasteiger partial charge in [-0.15, -0.1) is 11.3 Å². The first-order chi connectivity index (χ1) is 13.4. The first-order valence-corrected chi connectivity index (χ1v) is 11.3. The lowest BCUT2D eigenvalue weighted by molar-refractivity contribution is -0.384. The number of carbonyl (C=O) groups excluding carboxylic acids is 1. The third-order valence-corrected chi connectivity index (χ3v) is 8.04. The van der Waals surface area contributed by atoms with Crippen molar-refractivity contribution in [3.05, 3.63) is 57.5 Å². The molecule has 8 nitrogen and oxygen atoms in total. The van der Waals surface area contributed by atoms with E-state index in [2.05, 4.69) is 5.32 Å². The number of rotatable bonds is 7. The van der Waals surface area contributed by atoms with E-state index in [9.17, 15) is 23.3 Å². The minimum absolute atomic E-state index is 0.145.